The first-order valence-corrected chi connectivity index (χ1v) is 29.0. The summed E-state index contributed by atoms with van der Waals surface area (Å²) in [4.78, 5) is 102. The molecule has 0 spiro atoms. The number of fused-ring (bicyclic) bond motifs is 1. The number of benzene rings is 2. The molecular formula is C56H75FIN15O11. The summed E-state index contributed by atoms with van der Waals surface area (Å²) in [5, 5.41) is 37.9. The molecule has 6 rings (SSSR count). The minimum Gasteiger partial charge on any atom is -0.494 e. The van der Waals surface area contributed by atoms with E-state index in [0.717, 1.165) is 39.7 Å². The van der Waals surface area contributed by atoms with Crippen LogP contribution < -0.4 is 26.3 Å². The Kier molecular flexibility index (Phi) is 27.4. The third kappa shape index (κ3) is 22.9. The average Bonchev–Trinajstić information content (AvgIpc) is 3.84. The van der Waals surface area contributed by atoms with Crippen LogP contribution in [-0.4, -0.2) is 237 Å². The normalized spacial score (nSPS) is 19.5. The second-order valence-electron chi connectivity index (χ2n) is 20.9. The minimum atomic E-state index is -1.67. The zero-order valence-electron chi connectivity index (χ0n) is 47.2. The number of alkyl halides is 1. The number of aromatic nitrogens is 1. The number of nitriles is 1. The summed E-state index contributed by atoms with van der Waals surface area (Å²) in [6, 6.07) is 15.0. The summed E-state index contributed by atoms with van der Waals surface area (Å²) < 4.78 is 31.8. The van der Waals surface area contributed by atoms with E-state index in [4.69, 9.17) is 14.2 Å². The van der Waals surface area contributed by atoms with Gasteiger partial charge < -0.3 is 45.2 Å². The van der Waals surface area contributed by atoms with Crippen LogP contribution >= 0.6 is 22.6 Å². The number of piperidine rings is 1. The first-order chi connectivity index (χ1) is 40.6. The summed E-state index contributed by atoms with van der Waals surface area (Å²) >= 11 is 2.22. The van der Waals surface area contributed by atoms with Gasteiger partial charge in [-0.25, -0.2) is 4.39 Å². The molecule has 4 amide bonds. The van der Waals surface area contributed by atoms with E-state index in [9.17, 15) is 48.3 Å². The predicted molar refractivity (Wildman–Crippen MR) is 317 cm³/mol. The number of hydrogen-bond acceptors (Lipinski definition) is 21. The van der Waals surface area contributed by atoms with Crippen molar-refractivity contribution in [3.63, 3.8) is 0 Å². The monoisotopic (exact) mass is 1280 g/mol. The number of ether oxygens (including phenoxy) is 3. The molecule has 3 saturated heterocycles. The van der Waals surface area contributed by atoms with Gasteiger partial charge in [-0.3, -0.25) is 58.1 Å². The molecule has 0 bridgehead atoms. The highest BCUT2D eigenvalue weighted by atomic mass is 127. The lowest BCUT2D eigenvalue weighted by Gasteiger charge is -2.33. The Hall–Kier alpha value is -7.46. The van der Waals surface area contributed by atoms with Crippen molar-refractivity contribution in [2.75, 3.05) is 118 Å². The number of carbonyl (C=O) groups excluding carboxylic acids is 6. The molecule has 4 heterocycles. The first kappa shape index (κ1) is 65.7. The lowest BCUT2D eigenvalue weighted by atomic mass is 9.92. The van der Waals surface area contributed by atoms with Crippen molar-refractivity contribution in [1.82, 2.24) is 56.0 Å². The lowest BCUT2D eigenvalue weighted by molar-refractivity contribution is -0.139. The fraction of sp³-hybridized carbons (Fsp3) is 0.536. The average molecular weight is 1280 g/mol. The van der Waals surface area contributed by atoms with E-state index in [-0.39, 0.29) is 77.3 Å². The minimum absolute atomic E-state index is 0.00241. The molecule has 3 fully saturated rings. The second kappa shape index (κ2) is 35.0. The van der Waals surface area contributed by atoms with E-state index in [1.165, 1.54) is 19.3 Å². The van der Waals surface area contributed by atoms with Crippen molar-refractivity contribution < 1.29 is 57.3 Å². The van der Waals surface area contributed by atoms with Crippen molar-refractivity contribution in [2.24, 2.45) is 21.2 Å². The molecule has 84 heavy (non-hydrogen) atoms. The van der Waals surface area contributed by atoms with Crippen LogP contribution in [0.3, 0.4) is 0 Å². The van der Waals surface area contributed by atoms with Crippen LogP contribution in [0.1, 0.15) is 67.8 Å². The number of halogens is 2. The fourth-order valence-electron chi connectivity index (χ4n) is 9.87. The third-order valence-corrected chi connectivity index (χ3v) is 15.1. The number of carbonyl (C=O) groups is 7. The molecule has 0 saturated carbocycles. The van der Waals surface area contributed by atoms with Crippen LogP contribution in [0.15, 0.2) is 70.0 Å². The van der Waals surface area contributed by atoms with E-state index < -0.39 is 35.5 Å². The van der Waals surface area contributed by atoms with Gasteiger partial charge in [0.2, 0.25) is 17.7 Å². The summed E-state index contributed by atoms with van der Waals surface area (Å²) in [7, 11) is 0. The van der Waals surface area contributed by atoms with E-state index >= 15 is 0 Å². The number of amides is 4. The molecule has 1 aromatic heterocycles. The van der Waals surface area contributed by atoms with Crippen LogP contribution in [0.4, 0.5) is 4.39 Å². The molecule has 2 aromatic carbocycles. The molecule has 454 valence electrons. The number of aliphatic carboxylic acids is 1. The first-order valence-electron chi connectivity index (χ1n) is 27.9. The van der Waals surface area contributed by atoms with Gasteiger partial charge in [0, 0.05) is 119 Å². The second-order valence-corrected chi connectivity index (χ2v) is 22.1. The molecule has 28 heteroatoms. The molecule has 2 unspecified atom stereocenters. The van der Waals surface area contributed by atoms with Crippen LogP contribution in [0.25, 0.3) is 10.9 Å². The highest BCUT2D eigenvalue weighted by Gasteiger charge is 2.43. The van der Waals surface area contributed by atoms with Crippen molar-refractivity contribution in [1.29, 1.82) is 5.26 Å². The molecule has 3 atom stereocenters. The fourth-order valence-corrected chi connectivity index (χ4v) is 10.2. The van der Waals surface area contributed by atoms with E-state index in [1.54, 1.807) is 41.6 Å². The summed E-state index contributed by atoms with van der Waals surface area (Å²) in [6.45, 7) is 6.17. The number of likely N-dealkylation sites (tertiary alicyclic amines) is 2. The third-order valence-electron chi connectivity index (χ3n) is 14.4. The van der Waals surface area contributed by atoms with Gasteiger partial charge in [-0.15, -0.1) is 0 Å². The number of nitrogens with zero attached hydrogens (tertiary/aromatic N) is 11. The molecule has 26 nitrogen and oxygen atoms in total. The Bertz CT molecular complexity index is 2780. The summed E-state index contributed by atoms with van der Waals surface area (Å²) in [5.74, 6) is -1.43. The van der Waals surface area contributed by atoms with Crippen LogP contribution in [0, 0.1) is 20.8 Å². The van der Waals surface area contributed by atoms with Crippen LogP contribution in [-0.2, 0) is 38.2 Å². The standard InChI is InChI=1S/C56H75FIN15O11/c1-56(57)30-46(31-59)73(37-56)53(78)34-61-55(81)48-11-15-60-50-9-8-47(29-49(48)50)84-28-2-3-42-13-18-72(19-14-42)52(77)12-17-62-64-33-45(10-16-63-67-65-32-43-4-6-44(58)7-5-43)66-51(76)35-68-20-21-69(36-54(79)80)23-25-71(39-83-41-75)27-26-70(24-22-68)38-82-40-74/h4-9,11,15-16,29,32-33,40-42,45-46,62,67H,2-3,10,12-14,17-28,30,34-39H2,1H3,(H,61,81)(H,66,76)(H,79,80)/b63-16+,64-33-,65-32+/t45?,46-,56?/m1/s1. The molecule has 3 aliphatic heterocycles. The van der Waals surface area contributed by atoms with Gasteiger partial charge in [-0.05, 0) is 103 Å². The highest BCUT2D eigenvalue weighted by Crippen LogP contribution is 2.30. The van der Waals surface area contributed by atoms with Crippen molar-refractivity contribution in [3.8, 4) is 11.8 Å². The van der Waals surface area contributed by atoms with E-state index in [1.807, 2.05) is 49.9 Å². The number of carboxylic acids is 1. The molecule has 5 N–H and O–H groups in total. The van der Waals surface area contributed by atoms with Gasteiger partial charge >= 0.3 is 5.97 Å². The smallest absolute Gasteiger partial charge is 0.317 e. The maximum Gasteiger partial charge on any atom is 0.317 e. The zero-order chi connectivity index (χ0) is 60.1. The number of hydrazone groups is 3. The van der Waals surface area contributed by atoms with Gasteiger partial charge in [0.05, 0.1) is 62.2 Å². The van der Waals surface area contributed by atoms with Crippen molar-refractivity contribution >= 4 is 94.7 Å². The molecule has 3 aromatic rings. The maximum absolute atomic E-state index is 14.6. The van der Waals surface area contributed by atoms with E-state index in [0.29, 0.717) is 113 Å². The highest BCUT2D eigenvalue weighted by molar-refractivity contribution is 14.1. The summed E-state index contributed by atoms with van der Waals surface area (Å²) in [5.41, 5.74) is 5.65. The van der Waals surface area contributed by atoms with Gasteiger partial charge in [0.25, 0.3) is 18.9 Å². The lowest BCUT2D eigenvalue weighted by Crippen LogP contribution is -2.50. The molecule has 3 aliphatic rings. The van der Waals surface area contributed by atoms with Crippen LogP contribution in [0.5, 0.6) is 5.75 Å². The van der Waals surface area contributed by atoms with Crippen molar-refractivity contribution in [3.05, 3.63) is 69.4 Å². The number of nitrogens with one attached hydrogen (secondary N) is 4. The number of pyridine rings is 1. The van der Waals surface area contributed by atoms with Gasteiger partial charge in [-0.1, -0.05) is 12.1 Å². The van der Waals surface area contributed by atoms with Gasteiger partial charge in [-0.2, -0.15) is 26.1 Å². The topological polar surface area (TPSA) is 309 Å². The Labute approximate surface area is 501 Å². The zero-order valence-corrected chi connectivity index (χ0v) is 49.4. The SMILES string of the molecule is CC1(F)C[C@H](C#N)N(C(=O)CNC(=O)c2ccnc3ccc(OCCCC4CCN(C(=O)CCN/N=C\C(C/C=N/N/N=C/c5ccc(I)cc5)NC(=O)CN5CCN(COC=O)CCN(COC=O)CCN(CC(=O)O)CC5)CC4)cc23)C1. The Morgan fingerprint density at radius 1 is 0.881 bits per heavy atom. The largest absolute Gasteiger partial charge is 0.494 e. The molecule has 0 radical (unpaired) electrons. The Balaban J connectivity index is 0.953. The van der Waals surface area contributed by atoms with Crippen molar-refractivity contribution in [2.45, 2.75) is 69.6 Å². The molecule has 0 aliphatic carbocycles. The quantitative estimate of drug-likeness (QED) is 0.0218. The maximum atomic E-state index is 14.6. The summed E-state index contributed by atoms with van der Waals surface area (Å²) in [6.07, 6.45) is 9.94. The number of hydrogen-bond donors (Lipinski definition) is 5. The predicted octanol–water partition coefficient (Wildman–Crippen LogP) is 1.84. The Morgan fingerprint density at radius 3 is 2.20 bits per heavy atom. The van der Waals surface area contributed by atoms with Gasteiger partial charge in [0.1, 0.15) is 30.9 Å². The Morgan fingerprint density at radius 2 is 1.55 bits per heavy atom. The number of carboxylic acid groups (broad SMARTS) is 1. The van der Waals surface area contributed by atoms with Crippen LogP contribution in [0.2, 0.25) is 0 Å². The van der Waals surface area contributed by atoms with E-state index in [2.05, 4.69) is 64.5 Å². The van der Waals surface area contributed by atoms with Gasteiger partial charge in [0.15, 0.2) is 0 Å². The molecular weight excluding hydrogens is 1200 g/mol. The number of rotatable bonds is 29.